The van der Waals surface area contributed by atoms with Gasteiger partial charge in [-0.05, 0) is 40.8 Å². The van der Waals surface area contributed by atoms with Crippen molar-refractivity contribution in [1.29, 1.82) is 0 Å². The first kappa shape index (κ1) is 12.2. The van der Waals surface area contributed by atoms with Crippen LogP contribution in [0.1, 0.15) is 16.8 Å². The molecule has 0 spiro atoms. The lowest BCUT2D eigenvalue weighted by Gasteiger charge is -2.08. The van der Waals surface area contributed by atoms with Crippen LogP contribution in [0.4, 0.5) is 4.39 Å². The molecule has 0 aliphatic rings. The van der Waals surface area contributed by atoms with Crippen molar-refractivity contribution >= 4 is 28.6 Å². The minimum Gasteiger partial charge on any atom is -0.493 e. The van der Waals surface area contributed by atoms with Crippen molar-refractivity contribution in [3.05, 3.63) is 27.3 Å². The van der Waals surface area contributed by atoms with E-state index in [2.05, 4.69) is 0 Å². The van der Waals surface area contributed by atoms with Crippen LogP contribution < -0.4 is 4.74 Å². The first-order chi connectivity index (χ1) is 7.15. The molecule has 0 radical (unpaired) electrons. The Bertz CT molecular complexity index is 355. The Hall–Kier alpha value is -0.850. The molecule has 1 rings (SSSR count). The number of carbonyl (C=O) groups is 1. The van der Waals surface area contributed by atoms with E-state index in [1.54, 1.807) is 12.1 Å². The predicted octanol–water partition coefficient (Wildman–Crippen LogP) is 2.73. The lowest BCUT2D eigenvalue weighted by atomic mass is 10.2. The summed E-state index contributed by atoms with van der Waals surface area (Å²) in [4.78, 5) is 10.8. The average molecular weight is 324 g/mol. The summed E-state index contributed by atoms with van der Waals surface area (Å²) in [5.41, 5.74) is 0.112. The van der Waals surface area contributed by atoms with Crippen LogP contribution in [0.3, 0.4) is 0 Å². The Kier molecular flexibility index (Phi) is 4.80. The smallest absolute Gasteiger partial charge is 0.339 e. The van der Waals surface area contributed by atoms with Crippen LogP contribution in [0.15, 0.2) is 18.2 Å². The van der Waals surface area contributed by atoms with E-state index in [-0.39, 0.29) is 24.3 Å². The third-order valence-corrected chi connectivity index (χ3v) is 2.38. The highest BCUT2D eigenvalue weighted by atomic mass is 127. The third kappa shape index (κ3) is 3.65. The highest BCUT2D eigenvalue weighted by Crippen LogP contribution is 2.21. The third-order valence-electron chi connectivity index (χ3n) is 1.71. The minimum absolute atomic E-state index is 0.112. The maximum Gasteiger partial charge on any atom is 0.339 e. The van der Waals surface area contributed by atoms with Crippen LogP contribution in [0.5, 0.6) is 5.75 Å². The molecule has 0 fully saturated rings. The van der Waals surface area contributed by atoms with Gasteiger partial charge in [0.25, 0.3) is 0 Å². The fraction of sp³-hybridized carbons (Fsp3) is 0.300. The largest absolute Gasteiger partial charge is 0.493 e. The van der Waals surface area contributed by atoms with E-state index in [9.17, 15) is 9.18 Å². The summed E-state index contributed by atoms with van der Waals surface area (Å²) in [6.07, 6.45) is 0.269. The van der Waals surface area contributed by atoms with Crippen molar-refractivity contribution in [3.8, 4) is 5.75 Å². The van der Waals surface area contributed by atoms with Crippen LogP contribution in [0.25, 0.3) is 0 Å². The van der Waals surface area contributed by atoms with E-state index < -0.39 is 12.6 Å². The zero-order chi connectivity index (χ0) is 11.3. The van der Waals surface area contributed by atoms with Gasteiger partial charge < -0.3 is 9.84 Å². The van der Waals surface area contributed by atoms with Crippen molar-refractivity contribution in [2.45, 2.75) is 6.42 Å². The number of aromatic carboxylic acids is 1. The number of hydrogen-bond acceptors (Lipinski definition) is 2. The monoisotopic (exact) mass is 324 g/mol. The number of rotatable bonds is 5. The molecule has 3 nitrogen and oxygen atoms in total. The van der Waals surface area contributed by atoms with Gasteiger partial charge in [-0.25, -0.2) is 4.79 Å². The highest BCUT2D eigenvalue weighted by Gasteiger charge is 2.11. The van der Waals surface area contributed by atoms with Gasteiger partial charge in [0.2, 0.25) is 0 Å². The molecule has 0 aliphatic heterocycles. The summed E-state index contributed by atoms with van der Waals surface area (Å²) in [7, 11) is 0. The zero-order valence-electron chi connectivity index (χ0n) is 7.87. The van der Waals surface area contributed by atoms with Crippen LogP contribution in [-0.4, -0.2) is 24.4 Å². The molecule has 0 bridgehead atoms. The number of carboxylic acid groups (broad SMARTS) is 1. The quantitative estimate of drug-likeness (QED) is 0.669. The second-order valence-corrected chi connectivity index (χ2v) is 4.08. The van der Waals surface area contributed by atoms with Gasteiger partial charge >= 0.3 is 5.97 Å². The molecule has 0 heterocycles. The maximum absolute atomic E-state index is 11.8. The molecule has 0 aromatic heterocycles. The van der Waals surface area contributed by atoms with Crippen LogP contribution in [-0.2, 0) is 0 Å². The Labute approximate surface area is 100 Å². The molecular formula is C10H10FIO3. The molecule has 5 heteroatoms. The molecule has 15 heavy (non-hydrogen) atoms. The second-order valence-electron chi connectivity index (χ2n) is 2.84. The Morgan fingerprint density at radius 1 is 1.53 bits per heavy atom. The van der Waals surface area contributed by atoms with Crippen molar-refractivity contribution in [1.82, 2.24) is 0 Å². The molecule has 1 aromatic rings. The highest BCUT2D eigenvalue weighted by molar-refractivity contribution is 14.1. The number of halogens is 2. The first-order valence-corrected chi connectivity index (χ1v) is 5.44. The molecule has 0 atom stereocenters. The van der Waals surface area contributed by atoms with E-state index in [1.165, 1.54) is 6.07 Å². The minimum atomic E-state index is -1.04. The summed E-state index contributed by atoms with van der Waals surface area (Å²) in [6.45, 7) is -0.274. The van der Waals surface area contributed by atoms with E-state index in [4.69, 9.17) is 9.84 Å². The average Bonchev–Trinajstić information content (AvgIpc) is 2.20. The predicted molar refractivity (Wildman–Crippen MR) is 62.2 cm³/mol. The van der Waals surface area contributed by atoms with Crippen LogP contribution in [0, 0.1) is 3.57 Å². The van der Waals surface area contributed by atoms with Gasteiger partial charge in [-0.3, -0.25) is 4.39 Å². The van der Waals surface area contributed by atoms with E-state index in [1.807, 2.05) is 22.6 Å². The van der Waals surface area contributed by atoms with Gasteiger partial charge in [-0.2, -0.15) is 0 Å². The first-order valence-electron chi connectivity index (χ1n) is 4.36. The van der Waals surface area contributed by atoms with Crippen molar-refractivity contribution in [3.63, 3.8) is 0 Å². The number of carboxylic acids is 1. The fourth-order valence-corrected chi connectivity index (χ4v) is 1.52. The number of ether oxygens (including phenoxy) is 1. The molecule has 0 amide bonds. The van der Waals surface area contributed by atoms with E-state index in [0.29, 0.717) is 0 Å². The maximum atomic E-state index is 11.8. The van der Waals surface area contributed by atoms with Crippen molar-refractivity contribution in [2.75, 3.05) is 13.3 Å². The summed E-state index contributed by atoms with van der Waals surface area (Å²) in [5, 5.41) is 8.89. The lowest BCUT2D eigenvalue weighted by Crippen LogP contribution is -2.05. The molecule has 0 saturated carbocycles. The summed E-state index contributed by atoms with van der Waals surface area (Å²) < 4.78 is 17.8. The molecule has 1 aromatic carbocycles. The Morgan fingerprint density at radius 3 is 2.87 bits per heavy atom. The Balaban J connectivity index is 2.81. The standard InChI is InChI=1S/C10H10FIO3/c11-4-1-5-15-9-3-2-7(12)6-8(9)10(13)14/h2-3,6H,1,4-5H2,(H,13,14). The van der Waals surface area contributed by atoms with Crippen LogP contribution >= 0.6 is 22.6 Å². The molecule has 1 N–H and O–H groups in total. The van der Waals surface area contributed by atoms with Gasteiger partial charge in [0, 0.05) is 9.99 Å². The molecule has 0 aliphatic carbocycles. The Morgan fingerprint density at radius 2 is 2.27 bits per heavy atom. The number of alkyl halides is 1. The topological polar surface area (TPSA) is 46.5 Å². The summed E-state index contributed by atoms with van der Waals surface area (Å²) in [6, 6.07) is 4.86. The number of hydrogen-bond donors (Lipinski definition) is 1. The van der Waals surface area contributed by atoms with Gasteiger partial charge in [-0.1, -0.05) is 0 Å². The van der Waals surface area contributed by atoms with E-state index in [0.717, 1.165) is 3.57 Å². The second kappa shape index (κ2) is 5.89. The summed E-state index contributed by atoms with van der Waals surface area (Å²) >= 11 is 2.02. The summed E-state index contributed by atoms with van der Waals surface area (Å²) in [5.74, 6) is -0.750. The van der Waals surface area contributed by atoms with Gasteiger partial charge in [-0.15, -0.1) is 0 Å². The normalized spacial score (nSPS) is 10.0. The molecular weight excluding hydrogens is 314 g/mol. The van der Waals surface area contributed by atoms with Gasteiger partial charge in [0.05, 0.1) is 13.3 Å². The molecule has 0 unspecified atom stereocenters. The fourth-order valence-electron chi connectivity index (χ4n) is 1.03. The molecule has 82 valence electrons. The van der Waals surface area contributed by atoms with Crippen LogP contribution in [0.2, 0.25) is 0 Å². The number of benzene rings is 1. The van der Waals surface area contributed by atoms with E-state index >= 15 is 0 Å². The van der Waals surface area contributed by atoms with Crippen molar-refractivity contribution in [2.24, 2.45) is 0 Å². The van der Waals surface area contributed by atoms with Gasteiger partial charge in [0.1, 0.15) is 11.3 Å². The van der Waals surface area contributed by atoms with Crippen molar-refractivity contribution < 1.29 is 19.0 Å². The SMILES string of the molecule is O=C(O)c1cc(I)ccc1OCCCF. The zero-order valence-corrected chi connectivity index (χ0v) is 10.0. The molecule has 0 saturated heterocycles. The van der Waals surface area contributed by atoms with Gasteiger partial charge in [0.15, 0.2) is 0 Å². The lowest BCUT2D eigenvalue weighted by molar-refractivity contribution is 0.0692.